The van der Waals surface area contributed by atoms with Gasteiger partial charge in [-0.3, -0.25) is 0 Å². The lowest BCUT2D eigenvalue weighted by Gasteiger charge is -2.20. The van der Waals surface area contributed by atoms with Crippen molar-refractivity contribution in [3.05, 3.63) is 69.5 Å². The number of furan rings is 1. The molecule has 26 heavy (non-hydrogen) atoms. The van der Waals surface area contributed by atoms with Gasteiger partial charge in [0.05, 0.1) is 6.26 Å². The third kappa shape index (κ3) is 4.35. The van der Waals surface area contributed by atoms with Gasteiger partial charge in [-0.25, -0.2) is 4.79 Å². The molecule has 0 saturated carbocycles. The molecule has 4 nitrogen and oxygen atoms in total. The average molecular weight is 366 g/mol. The zero-order valence-corrected chi connectivity index (χ0v) is 14.4. The van der Waals surface area contributed by atoms with E-state index in [0.717, 1.165) is 11.1 Å². The van der Waals surface area contributed by atoms with E-state index < -0.39 is 18.3 Å². The number of fused-ring (bicyclic) bond motifs is 1. The van der Waals surface area contributed by atoms with Crippen molar-refractivity contribution in [2.75, 3.05) is 6.54 Å². The van der Waals surface area contributed by atoms with E-state index in [-0.39, 0.29) is 18.0 Å². The summed E-state index contributed by atoms with van der Waals surface area (Å²) >= 11 is 0. The van der Waals surface area contributed by atoms with Crippen molar-refractivity contribution in [2.24, 2.45) is 0 Å². The highest BCUT2D eigenvalue weighted by Gasteiger charge is 2.34. The Morgan fingerprint density at radius 3 is 2.46 bits per heavy atom. The van der Waals surface area contributed by atoms with Crippen LogP contribution in [-0.4, -0.2) is 12.7 Å². The van der Waals surface area contributed by atoms with Crippen LogP contribution in [0.15, 0.2) is 50.2 Å². The molecule has 138 valence electrons. The van der Waals surface area contributed by atoms with Gasteiger partial charge in [0.1, 0.15) is 18.7 Å². The maximum Gasteiger partial charge on any atom is 0.438 e. The van der Waals surface area contributed by atoms with Crippen LogP contribution in [0.3, 0.4) is 0 Å². The third-order valence-electron chi connectivity index (χ3n) is 4.34. The van der Waals surface area contributed by atoms with E-state index in [4.69, 9.17) is 8.83 Å². The Hall–Kier alpha value is -2.54. The first-order chi connectivity index (χ1) is 12.2. The summed E-state index contributed by atoms with van der Waals surface area (Å²) in [7, 11) is 0. The fourth-order valence-electron chi connectivity index (χ4n) is 3.03. The molecule has 2 aromatic heterocycles. The van der Waals surface area contributed by atoms with Gasteiger partial charge in [-0.1, -0.05) is 0 Å². The second-order valence-corrected chi connectivity index (χ2v) is 6.50. The molecule has 0 radical (unpaired) electrons. The van der Waals surface area contributed by atoms with Gasteiger partial charge in [0.25, 0.3) is 0 Å². The topological polar surface area (TPSA) is 47.8 Å². The molecule has 0 aliphatic rings. The van der Waals surface area contributed by atoms with Gasteiger partial charge in [-0.15, -0.1) is 0 Å². The lowest BCUT2D eigenvalue weighted by atomic mass is 10.0. The highest BCUT2D eigenvalue weighted by Crippen LogP contribution is 2.21. The average Bonchev–Trinajstić information content (AvgIpc) is 3.00. The van der Waals surface area contributed by atoms with E-state index >= 15 is 0 Å². The summed E-state index contributed by atoms with van der Waals surface area (Å²) in [6.07, 6.45) is -2.90. The largest absolute Gasteiger partial charge is 0.463 e. The minimum absolute atomic E-state index is 0.0326. The Balaban J connectivity index is 1.99. The molecule has 2 heterocycles. The number of rotatable bonds is 5. The maximum atomic E-state index is 13.0. The summed E-state index contributed by atoms with van der Waals surface area (Å²) < 4.78 is 49.5. The second-order valence-electron chi connectivity index (χ2n) is 6.50. The zero-order valence-electron chi connectivity index (χ0n) is 14.4. The Morgan fingerprint density at radius 2 is 1.81 bits per heavy atom. The van der Waals surface area contributed by atoms with E-state index in [1.165, 1.54) is 12.3 Å². The Kier molecular flexibility index (Phi) is 4.91. The van der Waals surface area contributed by atoms with Gasteiger partial charge in [-0.05, 0) is 49.2 Å². The van der Waals surface area contributed by atoms with Crippen LogP contribution in [0.4, 0.5) is 13.2 Å². The highest BCUT2D eigenvalue weighted by atomic mass is 19.4. The predicted octanol–water partition coefficient (Wildman–Crippen LogP) is 3.15. The van der Waals surface area contributed by atoms with Crippen molar-refractivity contribution >= 4 is 11.0 Å². The molecular formula is C19H19F3NO3+. The van der Waals surface area contributed by atoms with Gasteiger partial charge < -0.3 is 13.7 Å². The fraction of sp³-hybridized carbons (Fsp3) is 0.316. The molecule has 0 aliphatic heterocycles. The molecule has 1 unspecified atom stereocenters. The molecule has 0 amide bonds. The van der Waals surface area contributed by atoms with Crippen LogP contribution in [0.2, 0.25) is 0 Å². The maximum absolute atomic E-state index is 13.0. The van der Waals surface area contributed by atoms with E-state index in [0.29, 0.717) is 22.3 Å². The number of nitrogens with one attached hydrogen (secondary N) is 1. The Morgan fingerprint density at radius 1 is 1.08 bits per heavy atom. The van der Waals surface area contributed by atoms with Crippen LogP contribution in [0, 0.1) is 13.8 Å². The molecule has 0 saturated heterocycles. The summed E-state index contributed by atoms with van der Waals surface area (Å²) in [5, 5.41) is 0.659. The van der Waals surface area contributed by atoms with E-state index in [1.54, 1.807) is 18.2 Å². The molecule has 0 fully saturated rings. The summed E-state index contributed by atoms with van der Waals surface area (Å²) in [6.45, 7) is 2.87. The summed E-state index contributed by atoms with van der Waals surface area (Å²) in [5.74, 6) is 0.462. The van der Waals surface area contributed by atoms with Gasteiger partial charge in [0, 0.05) is 17.0 Å². The number of quaternary nitrogens is 1. The van der Waals surface area contributed by atoms with Gasteiger partial charge in [0.15, 0.2) is 12.3 Å². The quantitative estimate of drug-likeness (QED) is 0.706. The number of hydrogen-bond acceptors (Lipinski definition) is 3. The molecule has 0 spiro atoms. The molecule has 1 N–H and O–H groups in total. The Labute approximate surface area is 147 Å². The molecule has 1 aromatic carbocycles. The van der Waals surface area contributed by atoms with Crippen molar-refractivity contribution < 1.29 is 26.9 Å². The number of benzene rings is 1. The fourth-order valence-corrected chi connectivity index (χ4v) is 3.03. The first-order valence-electron chi connectivity index (χ1n) is 8.18. The van der Waals surface area contributed by atoms with Crippen LogP contribution in [0.25, 0.3) is 11.0 Å². The summed E-state index contributed by atoms with van der Waals surface area (Å²) in [4.78, 5) is 12.1. The van der Waals surface area contributed by atoms with Crippen molar-refractivity contribution in [3.8, 4) is 0 Å². The van der Waals surface area contributed by atoms with Crippen LogP contribution >= 0.6 is 0 Å². The number of aryl methyl sites for hydroxylation is 2. The van der Waals surface area contributed by atoms with E-state index in [1.807, 2.05) is 19.9 Å². The predicted molar refractivity (Wildman–Crippen MR) is 90.0 cm³/mol. The van der Waals surface area contributed by atoms with Gasteiger partial charge in [-0.2, -0.15) is 13.2 Å². The van der Waals surface area contributed by atoms with Gasteiger partial charge in [0.2, 0.25) is 0 Å². The van der Waals surface area contributed by atoms with E-state index in [9.17, 15) is 18.0 Å². The second kappa shape index (κ2) is 6.99. The molecular weight excluding hydrogens is 347 g/mol. The monoisotopic (exact) mass is 366 g/mol. The normalized spacial score (nSPS) is 13.3. The minimum Gasteiger partial charge on any atom is -0.463 e. The Bertz CT molecular complexity index is 959. The van der Waals surface area contributed by atoms with Gasteiger partial charge >= 0.3 is 11.8 Å². The van der Waals surface area contributed by atoms with Crippen LogP contribution in [-0.2, 0) is 13.1 Å². The number of hydrogen-bond donors (Lipinski definition) is 1. The highest BCUT2D eigenvalue weighted by molar-refractivity contribution is 5.81. The number of halogens is 3. The van der Waals surface area contributed by atoms with Crippen molar-refractivity contribution in [1.29, 1.82) is 0 Å². The lowest BCUT2D eigenvalue weighted by Crippen LogP contribution is -3.10. The van der Waals surface area contributed by atoms with Crippen molar-refractivity contribution in [2.45, 2.75) is 33.1 Å². The molecule has 0 aliphatic carbocycles. The molecule has 7 heteroatoms. The number of alkyl halides is 3. The first-order valence-corrected chi connectivity index (χ1v) is 8.18. The standard InChI is InChI=1S/C19H18F3NO3/c1-12-6-16-14(8-18(24)26-17(16)7-13(12)2)9-23(11-19(20,21)22)10-15-4-3-5-25-15/h3-8H,9-11H2,1-2H3/p+1. The molecule has 0 bridgehead atoms. The lowest BCUT2D eigenvalue weighted by molar-refractivity contribution is -0.938. The first kappa shape index (κ1) is 18.3. The third-order valence-corrected chi connectivity index (χ3v) is 4.34. The molecule has 3 rings (SSSR count). The van der Waals surface area contributed by atoms with Crippen LogP contribution in [0.5, 0.6) is 0 Å². The summed E-state index contributed by atoms with van der Waals surface area (Å²) in [5.41, 5.74) is 2.29. The SMILES string of the molecule is Cc1cc2oc(=O)cc(C[NH+](Cc3ccco3)CC(F)(F)F)c2cc1C. The minimum atomic E-state index is -4.33. The molecule has 3 aromatic rings. The molecule has 1 atom stereocenters. The summed E-state index contributed by atoms with van der Waals surface area (Å²) in [6, 6.07) is 8.14. The van der Waals surface area contributed by atoms with Crippen molar-refractivity contribution in [3.63, 3.8) is 0 Å². The van der Waals surface area contributed by atoms with Crippen molar-refractivity contribution in [1.82, 2.24) is 0 Å². The zero-order chi connectivity index (χ0) is 18.9. The van der Waals surface area contributed by atoms with Crippen LogP contribution < -0.4 is 10.5 Å². The smallest absolute Gasteiger partial charge is 0.438 e. The van der Waals surface area contributed by atoms with Crippen LogP contribution in [0.1, 0.15) is 22.5 Å². The van der Waals surface area contributed by atoms with E-state index in [2.05, 4.69) is 0 Å².